The fraction of sp³-hybridized carbons (Fsp3) is 0.526. The summed E-state index contributed by atoms with van der Waals surface area (Å²) in [6, 6.07) is 2.09. The van der Waals surface area contributed by atoms with E-state index >= 15 is 0 Å². The van der Waals surface area contributed by atoms with E-state index in [0.29, 0.717) is 11.8 Å². The number of hydrogen-bond acceptors (Lipinski definition) is 4. The molecule has 0 spiro atoms. The normalized spacial score (nSPS) is 28.8. The van der Waals surface area contributed by atoms with Gasteiger partial charge in [-0.25, -0.2) is 9.97 Å². The van der Waals surface area contributed by atoms with Gasteiger partial charge in [-0.05, 0) is 37.7 Å². The molecule has 1 radical (unpaired) electrons. The third-order valence-electron chi connectivity index (χ3n) is 5.84. The second-order valence-electron chi connectivity index (χ2n) is 7.37. The predicted octanol–water partition coefficient (Wildman–Crippen LogP) is 2.98. The summed E-state index contributed by atoms with van der Waals surface area (Å²) in [6.45, 7) is 5.27. The Morgan fingerprint density at radius 3 is 3.04 bits per heavy atom. The molecule has 0 saturated carbocycles. The zero-order chi connectivity index (χ0) is 16.8. The number of H-pyrrole nitrogens is 1. The molecule has 25 heavy (non-hydrogen) atoms. The molecule has 2 aliphatic heterocycles. The number of fused-ring (bicyclic) bond motifs is 3. The number of aromatic amines is 1. The van der Waals surface area contributed by atoms with E-state index in [4.69, 9.17) is 9.72 Å². The van der Waals surface area contributed by atoms with E-state index in [9.17, 15) is 0 Å². The van der Waals surface area contributed by atoms with E-state index < -0.39 is 0 Å². The highest BCUT2D eigenvalue weighted by Gasteiger charge is 2.34. The van der Waals surface area contributed by atoms with Crippen LogP contribution >= 0.6 is 0 Å². The third-order valence-corrected chi connectivity index (χ3v) is 5.84. The lowest BCUT2D eigenvalue weighted by atomic mass is 9.86. The summed E-state index contributed by atoms with van der Waals surface area (Å²) in [5, 5.41) is 0. The number of piperidine rings is 1. The zero-order valence-corrected chi connectivity index (χ0v) is 14.6. The van der Waals surface area contributed by atoms with E-state index in [2.05, 4.69) is 38.7 Å². The van der Waals surface area contributed by atoms with E-state index in [1.54, 1.807) is 0 Å². The van der Waals surface area contributed by atoms with Crippen molar-refractivity contribution in [1.82, 2.24) is 24.3 Å². The molecule has 0 aromatic carbocycles. The van der Waals surface area contributed by atoms with E-state index in [1.807, 2.05) is 18.6 Å². The second kappa shape index (κ2) is 6.11. The first-order valence-electron chi connectivity index (χ1n) is 9.28. The maximum Gasteiger partial charge on any atom is 0.154 e. The summed E-state index contributed by atoms with van der Waals surface area (Å²) in [6.07, 6.45) is 11.7. The van der Waals surface area contributed by atoms with Crippen molar-refractivity contribution in [2.24, 2.45) is 5.92 Å². The SMILES string of the molecule is C[C@@H]1CCN(C2CC[CH]CO2)C[C@@H]1c1ncc2cnc3[nH]ccc3n12. The Kier molecular flexibility index (Phi) is 3.75. The number of nitrogens with one attached hydrogen (secondary N) is 1. The van der Waals surface area contributed by atoms with Crippen molar-refractivity contribution in [2.75, 3.05) is 19.7 Å². The Morgan fingerprint density at radius 2 is 2.16 bits per heavy atom. The van der Waals surface area contributed by atoms with Crippen LogP contribution in [0.4, 0.5) is 0 Å². The van der Waals surface area contributed by atoms with Crippen molar-refractivity contribution in [3.05, 3.63) is 36.9 Å². The Hall–Kier alpha value is -1.92. The van der Waals surface area contributed by atoms with Crippen LogP contribution in [0.15, 0.2) is 24.7 Å². The lowest BCUT2D eigenvalue weighted by molar-refractivity contribution is -0.0860. The molecule has 2 fully saturated rings. The van der Waals surface area contributed by atoms with Gasteiger partial charge in [0, 0.05) is 25.2 Å². The summed E-state index contributed by atoms with van der Waals surface area (Å²) in [4.78, 5) is 15.0. The topological polar surface area (TPSA) is 58.5 Å². The number of rotatable bonds is 2. The van der Waals surface area contributed by atoms with Gasteiger partial charge >= 0.3 is 0 Å². The highest BCUT2D eigenvalue weighted by Crippen LogP contribution is 2.34. The predicted molar refractivity (Wildman–Crippen MR) is 96.2 cm³/mol. The molecular formula is C19H24N5O. The van der Waals surface area contributed by atoms with Crippen molar-refractivity contribution in [2.45, 2.75) is 38.3 Å². The molecule has 5 rings (SSSR count). The highest BCUT2D eigenvalue weighted by molar-refractivity contribution is 5.75. The van der Waals surface area contributed by atoms with Gasteiger partial charge < -0.3 is 9.72 Å². The van der Waals surface area contributed by atoms with Gasteiger partial charge in [0.2, 0.25) is 0 Å². The van der Waals surface area contributed by atoms with Crippen LogP contribution in [0.2, 0.25) is 0 Å². The maximum absolute atomic E-state index is 5.99. The Labute approximate surface area is 147 Å². The van der Waals surface area contributed by atoms with Gasteiger partial charge in [0.05, 0.1) is 30.0 Å². The van der Waals surface area contributed by atoms with Crippen LogP contribution in [-0.2, 0) is 4.74 Å². The Bertz CT molecular complexity index is 878. The first kappa shape index (κ1) is 15.3. The second-order valence-corrected chi connectivity index (χ2v) is 7.37. The molecular weight excluding hydrogens is 314 g/mol. The molecule has 0 amide bonds. The van der Waals surface area contributed by atoms with Crippen LogP contribution in [0.3, 0.4) is 0 Å². The lowest BCUT2D eigenvalue weighted by Crippen LogP contribution is -2.47. The molecule has 0 bridgehead atoms. The fourth-order valence-corrected chi connectivity index (χ4v) is 4.35. The van der Waals surface area contributed by atoms with Crippen LogP contribution in [0.25, 0.3) is 16.7 Å². The van der Waals surface area contributed by atoms with Gasteiger partial charge in [-0.2, -0.15) is 0 Å². The van der Waals surface area contributed by atoms with E-state index in [0.717, 1.165) is 55.0 Å². The summed E-state index contributed by atoms with van der Waals surface area (Å²) in [7, 11) is 0. The smallest absolute Gasteiger partial charge is 0.154 e. The number of likely N-dealkylation sites (tertiary alicyclic amines) is 1. The van der Waals surface area contributed by atoms with Crippen molar-refractivity contribution < 1.29 is 4.74 Å². The van der Waals surface area contributed by atoms with E-state index in [-0.39, 0.29) is 6.23 Å². The number of imidazole rings is 1. The maximum atomic E-state index is 5.99. The highest BCUT2D eigenvalue weighted by atomic mass is 16.5. The summed E-state index contributed by atoms with van der Waals surface area (Å²) >= 11 is 0. The lowest BCUT2D eigenvalue weighted by Gasteiger charge is -2.41. The molecule has 2 saturated heterocycles. The fourth-order valence-electron chi connectivity index (χ4n) is 4.35. The number of ether oxygens (including phenoxy) is 1. The van der Waals surface area contributed by atoms with Crippen LogP contribution in [0, 0.1) is 12.3 Å². The van der Waals surface area contributed by atoms with Crippen LogP contribution in [0.5, 0.6) is 0 Å². The van der Waals surface area contributed by atoms with Gasteiger partial charge in [-0.3, -0.25) is 9.30 Å². The van der Waals surface area contributed by atoms with Gasteiger partial charge in [-0.15, -0.1) is 0 Å². The minimum atomic E-state index is 0.264. The van der Waals surface area contributed by atoms with Gasteiger partial charge in [0.25, 0.3) is 0 Å². The van der Waals surface area contributed by atoms with Gasteiger partial charge in [0.15, 0.2) is 5.65 Å². The summed E-state index contributed by atoms with van der Waals surface area (Å²) in [5.74, 6) is 2.17. The first-order valence-corrected chi connectivity index (χ1v) is 9.28. The molecule has 5 heterocycles. The standard InChI is InChI=1S/C19H24N5O/c1-13-6-8-23(17-4-2-3-9-25-17)12-15(13)19-22-11-14-10-21-18-16(24(14)19)5-7-20-18/h3,5,7,10-11,13,15,17,20H,2,4,6,8-9,12H2,1H3/t13-,15+,17?/m1/s1. The third kappa shape index (κ3) is 2.55. The summed E-state index contributed by atoms with van der Waals surface area (Å²) < 4.78 is 8.27. The number of nitrogens with zero attached hydrogens (tertiary/aromatic N) is 4. The monoisotopic (exact) mass is 338 g/mol. The van der Waals surface area contributed by atoms with Gasteiger partial charge in [0.1, 0.15) is 12.1 Å². The molecule has 1 unspecified atom stereocenters. The minimum Gasteiger partial charge on any atom is -0.363 e. The average Bonchev–Trinajstić information content (AvgIpc) is 3.29. The Morgan fingerprint density at radius 1 is 1.24 bits per heavy atom. The molecule has 131 valence electrons. The van der Waals surface area contributed by atoms with Crippen molar-refractivity contribution in [3.8, 4) is 0 Å². The van der Waals surface area contributed by atoms with Crippen LogP contribution in [0.1, 0.15) is 37.9 Å². The average molecular weight is 338 g/mol. The van der Waals surface area contributed by atoms with Gasteiger partial charge in [-0.1, -0.05) is 6.92 Å². The Balaban J connectivity index is 1.52. The molecule has 6 heteroatoms. The number of hydrogen-bond donors (Lipinski definition) is 1. The molecule has 3 aromatic heterocycles. The quantitative estimate of drug-likeness (QED) is 0.780. The largest absolute Gasteiger partial charge is 0.363 e. The molecule has 2 aliphatic rings. The van der Waals surface area contributed by atoms with E-state index in [1.165, 1.54) is 6.42 Å². The minimum absolute atomic E-state index is 0.264. The van der Waals surface area contributed by atoms with Crippen LogP contribution in [-0.4, -0.2) is 50.2 Å². The zero-order valence-electron chi connectivity index (χ0n) is 14.6. The molecule has 3 aromatic rings. The van der Waals surface area contributed by atoms with Crippen molar-refractivity contribution in [1.29, 1.82) is 0 Å². The summed E-state index contributed by atoms with van der Waals surface area (Å²) in [5.41, 5.74) is 3.09. The molecule has 1 N–H and O–H groups in total. The first-order chi connectivity index (χ1) is 12.3. The molecule has 0 aliphatic carbocycles. The van der Waals surface area contributed by atoms with Crippen molar-refractivity contribution in [3.63, 3.8) is 0 Å². The number of aromatic nitrogens is 4. The van der Waals surface area contributed by atoms with Crippen molar-refractivity contribution >= 4 is 16.7 Å². The molecule has 3 atom stereocenters. The molecule has 6 nitrogen and oxygen atoms in total. The van der Waals surface area contributed by atoms with Crippen LogP contribution < -0.4 is 0 Å².